The largest absolute Gasteiger partial charge is 0.573 e. The van der Waals surface area contributed by atoms with E-state index >= 15 is 0 Å². The Morgan fingerprint density at radius 2 is 1.70 bits per heavy atom. The van der Waals surface area contributed by atoms with Gasteiger partial charge in [0.05, 0.1) is 0 Å². The monoisotopic (exact) mass is 385 g/mol. The Kier molecular flexibility index (Phi) is 6.46. The third-order valence-electron chi connectivity index (χ3n) is 5.26. The van der Waals surface area contributed by atoms with E-state index in [1.54, 1.807) is 0 Å². The van der Waals surface area contributed by atoms with E-state index in [0.717, 1.165) is 31.8 Å². The van der Waals surface area contributed by atoms with Crippen LogP contribution in [0.15, 0.2) is 24.3 Å². The van der Waals surface area contributed by atoms with Crippen LogP contribution in [-0.2, 0) is 0 Å². The molecule has 1 aromatic rings. The van der Waals surface area contributed by atoms with E-state index in [2.05, 4.69) is 20.3 Å². The number of benzene rings is 1. The molecule has 27 heavy (non-hydrogen) atoms. The van der Waals surface area contributed by atoms with Gasteiger partial charge in [0.1, 0.15) is 5.75 Å². The number of halogens is 3. The van der Waals surface area contributed by atoms with Crippen molar-refractivity contribution in [1.29, 1.82) is 0 Å². The molecule has 0 radical (unpaired) electrons. The highest BCUT2D eigenvalue weighted by molar-refractivity contribution is 5.89. The maximum Gasteiger partial charge on any atom is 0.573 e. The molecule has 1 saturated carbocycles. The molecule has 8 heteroatoms. The minimum absolute atomic E-state index is 0.123. The Labute approximate surface area is 157 Å². The molecule has 1 aliphatic heterocycles. The summed E-state index contributed by atoms with van der Waals surface area (Å²) >= 11 is 0. The van der Waals surface area contributed by atoms with E-state index in [1.807, 2.05) is 0 Å². The molecular formula is C19H26F3N3O2. The number of urea groups is 1. The van der Waals surface area contributed by atoms with E-state index in [-0.39, 0.29) is 17.8 Å². The Balaban J connectivity index is 1.38. The first-order valence-corrected chi connectivity index (χ1v) is 9.53. The predicted molar refractivity (Wildman–Crippen MR) is 96.7 cm³/mol. The summed E-state index contributed by atoms with van der Waals surface area (Å²) in [5, 5.41) is 5.60. The maximum atomic E-state index is 12.1. The number of anilines is 1. The SMILES string of the molecule is O=C(Nc1ccc(OC(F)(F)F)cc1)NC1CCN(CC2CCCC2)CC1. The molecule has 1 saturated heterocycles. The second-order valence-electron chi connectivity index (χ2n) is 7.40. The van der Waals surface area contributed by atoms with Gasteiger partial charge < -0.3 is 20.3 Å². The van der Waals surface area contributed by atoms with Gasteiger partial charge in [-0.2, -0.15) is 0 Å². The normalized spacial score (nSPS) is 19.8. The number of amides is 2. The summed E-state index contributed by atoms with van der Waals surface area (Å²) in [6.45, 7) is 3.15. The molecule has 2 N–H and O–H groups in total. The molecule has 150 valence electrons. The van der Waals surface area contributed by atoms with Crippen molar-refractivity contribution < 1.29 is 22.7 Å². The van der Waals surface area contributed by atoms with Crippen LogP contribution >= 0.6 is 0 Å². The van der Waals surface area contributed by atoms with Gasteiger partial charge in [-0.25, -0.2) is 4.79 Å². The lowest BCUT2D eigenvalue weighted by atomic mass is 10.0. The number of piperidine rings is 1. The molecule has 2 amide bonds. The summed E-state index contributed by atoms with van der Waals surface area (Å²) in [7, 11) is 0. The van der Waals surface area contributed by atoms with E-state index in [0.29, 0.717) is 5.69 Å². The smallest absolute Gasteiger partial charge is 0.406 e. The summed E-state index contributed by atoms with van der Waals surface area (Å²) in [6, 6.07) is 4.89. The Morgan fingerprint density at radius 3 is 2.30 bits per heavy atom. The van der Waals surface area contributed by atoms with E-state index in [1.165, 1.54) is 56.5 Å². The number of carbonyl (C=O) groups excluding carboxylic acids is 1. The van der Waals surface area contributed by atoms with Gasteiger partial charge in [0, 0.05) is 31.4 Å². The lowest BCUT2D eigenvalue weighted by molar-refractivity contribution is -0.274. The average Bonchev–Trinajstić information content (AvgIpc) is 3.10. The van der Waals surface area contributed by atoms with Crippen molar-refractivity contribution in [2.45, 2.75) is 50.9 Å². The summed E-state index contributed by atoms with van der Waals surface area (Å²) < 4.78 is 40.3. The number of hydrogen-bond donors (Lipinski definition) is 2. The predicted octanol–water partition coefficient (Wildman–Crippen LogP) is 4.36. The molecule has 0 aromatic heterocycles. The minimum atomic E-state index is -4.72. The number of hydrogen-bond acceptors (Lipinski definition) is 3. The number of likely N-dealkylation sites (tertiary alicyclic amines) is 1. The first-order valence-electron chi connectivity index (χ1n) is 9.53. The zero-order chi connectivity index (χ0) is 19.3. The van der Waals surface area contributed by atoms with E-state index < -0.39 is 6.36 Å². The number of nitrogens with one attached hydrogen (secondary N) is 2. The van der Waals surface area contributed by atoms with Crippen molar-refractivity contribution in [2.75, 3.05) is 25.0 Å². The Bertz CT molecular complexity index is 608. The lowest BCUT2D eigenvalue weighted by Crippen LogP contribution is -2.46. The lowest BCUT2D eigenvalue weighted by Gasteiger charge is -2.33. The summed E-state index contributed by atoms with van der Waals surface area (Å²) in [6.07, 6.45) is 2.50. The number of rotatable bonds is 5. The van der Waals surface area contributed by atoms with Gasteiger partial charge in [-0.15, -0.1) is 13.2 Å². The minimum Gasteiger partial charge on any atom is -0.406 e. The van der Waals surface area contributed by atoms with Crippen LogP contribution in [0.2, 0.25) is 0 Å². The molecule has 0 unspecified atom stereocenters. The van der Waals surface area contributed by atoms with Crippen LogP contribution in [-0.4, -0.2) is 43.0 Å². The maximum absolute atomic E-state index is 12.1. The van der Waals surface area contributed by atoms with Crippen LogP contribution in [0.1, 0.15) is 38.5 Å². The number of alkyl halides is 3. The second-order valence-corrected chi connectivity index (χ2v) is 7.40. The second kappa shape index (κ2) is 8.82. The number of carbonyl (C=O) groups is 1. The van der Waals surface area contributed by atoms with Gasteiger partial charge in [-0.05, 0) is 55.9 Å². The van der Waals surface area contributed by atoms with Gasteiger partial charge in [0.25, 0.3) is 0 Å². The molecule has 0 spiro atoms. The summed E-state index contributed by atoms with van der Waals surface area (Å²) in [5.74, 6) is 0.519. The fourth-order valence-electron chi connectivity index (χ4n) is 3.91. The number of nitrogens with zero attached hydrogens (tertiary/aromatic N) is 1. The molecule has 3 rings (SSSR count). The summed E-state index contributed by atoms with van der Waals surface area (Å²) in [4.78, 5) is 14.6. The molecule has 1 heterocycles. The Hall–Kier alpha value is -1.96. The van der Waals surface area contributed by atoms with Crippen molar-refractivity contribution in [2.24, 2.45) is 5.92 Å². The topological polar surface area (TPSA) is 53.6 Å². The third kappa shape index (κ3) is 6.61. The fraction of sp³-hybridized carbons (Fsp3) is 0.632. The molecule has 2 fully saturated rings. The fourth-order valence-corrected chi connectivity index (χ4v) is 3.91. The highest BCUT2D eigenvalue weighted by Crippen LogP contribution is 2.27. The zero-order valence-electron chi connectivity index (χ0n) is 15.2. The molecular weight excluding hydrogens is 359 g/mol. The highest BCUT2D eigenvalue weighted by Gasteiger charge is 2.31. The van der Waals surface area contributed by atoms with Crippen LogP contribution in [0.25, 0.3) is 0 Å². The van der Waals surface area contributed by atoms with Crippen LogP contribution < -0.4 is 15.4 Å². The zero-order valence-corrected chi connectivity index (χ0v) is 15.2. The van der Waals surface area contributed by atoms with Gasteiger partial charge in [-0.3, -0.25) is 0 Å². The average molecular weight is 385 g/mol. The van der Waals surface area contributed by atoms with Crippen molar-refractivity contribution in [3.05, 3.63) is 24.3 Å². The standard InChI is InChI=1S/C19H26F3N3O2/c20-19(21,22)27-17-7-5-15(6-8-17)23-18(26)24-16-9-11-25(12-10-16)13-14-3-1-2-4-14/h5-8,14,16H,1-4,9-13H2,(H2,23,24,26). The van der Waals surface area contributed by atoms with Gasteiger partial charge in [0.15, 0.2) is 0 Å². The van der Waals surface area contributed by atoms with Gasteiger partial charge in [0.2, 0.25) is 0 Å². The molecule has 5 nitrogen and oxygen atoms in total. The number of ether oxygens (including phenoxy) is 1. The molecule has 2 aliphatic rings. The molecule has 0 atom stereocenters. The van der Waals surface area contributed by atoms with Crippen molar-refractivity contribution >= 4 is 11.7 Å². The summed E-state index contributed by atoms with van der Waals surface area (Å²) in [5.41, 5.74) is 0.417. The first kappa shape index (κ1) is 19.8. The molecule has 1 aliphatic carbocycles. The first-order chi connectivity index (χ1) is 12.9. The van der Waals surface area contributed by atoms with Crippen molar-refractivity contribution in [3.63, 3.8) is 0 Å². The van der Waals surface area contributed by atoms with Crippen LogP contribution in [0.3, 0.4) is 0 Å². The van der Waals surface area contributed by atoms with Gasteiger partial charge >= 0.3 is 12.4 Å². The molecule has 1 aromatic carbocycles. The quantitative estimate of drug-likeness (QED) is 0.792. The highest BCUT2D eigenvalue weighted by atomic mass is 19.4. The van der Waals surface area contributed by atoms with Crippen LogP contribution in [0.4, 0.5) is 23.7 Å². The molecule has 0 bridgehead atoms. The van der Waals surface area contributed by atoms with E-state index in [4.69, 9.17) is 0 Å². The van der Waals surface area contributed by atoms with Crippen molar-refractivity contribution in [1.82, 2.24) is 10.2 Å². The Morgan fingerprint density at radius 1 is 1.07 bits per heavy atom. The van der Waals surface area contributed by atoms with E-state index in [9.17, 15) is 18.0 Å². The van der Waals surface area contributed by atoms with Crippen LogP contribution in [0.5, 0.6) is 5.75 Å². The van der Waals surface area contributed by atoms with Gasteiger partial charge in [-0.1, -0.05) is 12.8 Å². The van der Waals surface area contributed by atoms with Crippen LogP contribution in [0, 0.1) is 5.92 Å². The van der Waals surface area contributed by atoms with Crippen molar-refractivity contribution in [3.8, 4) is 5.75 Å². The third-order valence-corrected chi connectivity index (χ3v) is 5.26.